The zero-order chi connectivity index (χ0) is 18.1. The van der Waals surface area contributed by atoms with Crippen LogP contribution in [0.25, 0.3) is 0 Å². The van der Waals surface area contributed by atoms with Crippen LogP contribution in [0.15, 0.2) is 53.6 Å². The number of benzene rings is 2. The second-order valence-electron chi connectivity index (χ2n) is 4.95. The van der Waals surface area contributed by atoms with Crippen LogP contribution in [0.3, 0.4) is 0 Å². The van der Waals surface area contributed by atoms with Crippen LogP contribution in [0.1, 0.15) is 15.9 Å². The van der Waals surface area contributed by atoms with E-state index in [0.717, 1.165) is 11.3 Å². The number of amides is 2. The van der Waals surface area contributed by atoms with Crippen LogP contribution in [-0.4, -0.2) is 38.8 Å². The quantitative estimate of drug-likeness (QED) is 0.591. The molecule has 25 heavy (non-hydrogen) atoms. The molecule has 0 aliphatic carbocycles. The minimum Gasteiger partial charge on any atom is -0.497 e. The lowest BCUT2D eigenvalue weighted by atomic mass is 10.2. The SMILES string of the molecule is COc1ccc(/C=N/NC(=O)CNC(=O)c2ccccc2OC)cc1. The molecule has 7 heteroatoms. The first kappa shape index (κ1) is 18.0. The fourth-order valence-corrected chi connectivity index (χ4v) is 2.00. The third-order valence-corrected chi connectivity index (χ3v) is 3.28. The van der Waals surface area contributed by atoms with Crippen molar-refractivity contribution in [1.29, 1.82) is 0 Å². The van der Waals surface area contributed by atoms with Crippen molar-refractivity contribution >= 4 is 18.0 Å². The molecule has 0 fully saturated rings. The number of carbonyl (C=O) groups excluding carboxylic acids is 2. The van der Waals surface area contributed by atoms with Crippen LogP contribution in [-0.2, 0) is 4.79 Å². The van der Waals surface area contributed by atoms with Gasteiger partial charge in [-0.05, 0) is 42.0 Å². The molecule has 2 amide bonds. The van der Waals surface area contributed by atoms with Crippen molar-refractivity contribution in [3.8, 4) is 11.5 Å². The van der Waals surface area contributed by atoms with Gasteiger partial charge < -0.3 is 14.8 Å². The molecule has 7 nitrogen and oxygen atoms in total. The fourth-order valence-electron chi connectivity index (χ4n) is 2.00. The van der Waals surface area contributed by atoms with Crippen molar-refractivity contribution in [2.24, 2.45) is 5.10 Å². The molecule has 0 aromatic heterocycles. The molecule has 0 aliphatic rings. The number of nitrogens with zero attached hydrogens (tertiary/aromatic N) is 1. The third-order valence-electron chi connectivity index (χ3n) is 3.28. The Morgan fingerprint density at radius 2 is 1.76 bits per heavy atom. The van der Waals surface area contributed by atoms with E-state index in [0.29, 0.717) is 11.3 Å². The highest BCUT2D eigenvalue weighted by atomic mass is 16.5. The van der Waals surface area contributed by atoms with Gasteiger partial charge in [-0.2, -0.15) is 5.10 Å². The minimum absolute atomic E-state index is 0.198. The first-order valence-corrected chi connectivity index (χ1v) is 7.51. The summed E-state index contributed by atoms with van der Waals surface area (Å²) in [6.07, 6.45) is 1.50. The average molecular weight is 341 g/mol. The Morgan fingerprint density at radius 3 is 2.44 bits per heavy atom. The van der Waals surface area contributed by atoms with Crippen LogP contribution < -0.4 is 20.2 Å². The van der Waals surface area contributed by atoms with Gasteiger partial charge in [-0.25, -0.2) is 5.43 Å². The molecule has 2 rings (SSSR count). The number of hydrazone groups is 1. The van der Waals surface area contributed by atoms with E-state index in [2.05, 4.69) is 15.8 Å². The Balaban J connectivity index is 1.81. The first-order valence-electron chi connectivity index (χ1n) is 7.51. The molecular weight excluding hydrogens is 322 g/mol. The molecule has 0 heterocycles. The summed E-state index contributed by atoms with van der Waals surface area (Å²) in [6.45, 7) is -0.198. The Bertz CT molecular complexity index is 757. The molecule has 0 aliphatic heterocycles. The van der Waals surface area contributed by atoms with E-state index in [-0.39, 0.29) is 6.54 Å². The van der Waals surface area contributed by atoms with Crippen molar-refractivity contribution in [3.05, 3.63) is 59.7 Å². The lowest BCUT2D eigenvalue weighted by Gasteiger charge is -2.08. The largest absolute Gasteiger partial charge is 0.497 e. The highest BCUT2D eigenvalue weighted by Crippen LogP contribution is 2.16. The molecule has 0 saturated carbocycles. The fraction of sp³-hybridized carbons (Fsp3) is 0.167. The van der Waals surface area contributed by atoms with E-state index in [4.69, 9.17) is 9.47 Å². The zero-order valence-electron chi connectivity index (χ0n) is 14.0. The maximum atomic E-state index is 12.1. The average Bonchev–Trinajstić information content (AvgIpc) is 2.66. The standard InChI is InChI=1S/C18H19N3O4/c1-24-14-9-7-13(8-10-14)11-20-21-17(22)12-19-18(23)15-5-3-4-6-16(15)25-2/h3-11H,12H2,1-2H3,(H,19,23)(H,21,22)/b20-11+. The Morgan fingerprint density at radius 1 is 1.04 bits per heavy atom. The summed E-state index contributed by atoms with van der Waals surface area (Å²) in [5.74, 6) is 0.345. The molecule has 0 spiro atoms. The second kappa shape index (κ2) is 9.07. The van der Waals surface area contributed by atoms with E-state index in [1.165, 1.54) is 13.3 Å². The van der Waals surface area contributed by atoms with Gasteiger partial charge in [0.25, 0.3) is 11.8 Å². The van der Waals surface area contributed by atoms with Crippen molar-refractivity contribution in [3.63, 3.8) is 0 Å². The lowest BCUT2D eigenvalue weighted by Crippen LogP contribution is -2.35. The van der Waals surface area contributed by atoms with Gasteiger partial charge in [-0.3, -0.25) is 9.59 Å². The van der Waals surface area contributed by atoms with E-state index in [1.54, 1.807) is 55.6 Å². The van der Waals surface area contributed by atoms with Gasteiger partial charge in [0, 0.05) is 0 Å². The summed E-state index contributed by atoms with van der Waals surface area (Å²) in [7, 11) is 3.06. The van der Waals surface area contributed by atoms with Crippen molar-refractivity contribution < 1.29 is 19.1 Å². The number of methoxy groups -OCH3 is 2. The molecule has 2 N–H and O–H groups in total. The van der Waals surface area contributed by atoms with E-state index >= 15 is 0 Å². The van der Waals surface area contributed by atoms with Crippen LogP contribution >= 0.6 is 0 Å². The van der Waals surface area contributed by atoms with Crippen molar-refractivity contribution in [2.75, 3.05) is 20.8 Å². The normalized spacial score (nSPS) is 10.3. The summed E-state index contributed by atoms with van der Waals surface area (Å²) in [4.78, 5) is 23.8. The first-order chi connectivity index (χ1) is 12.1. The highest BCUT2D eigenvalue weighted by Gasteiger charge is 2.12. The van der Waals surface area contributed by atoms with Crippen LogP contribution in [0, 0.1) is 0 Å². The van der Waals surface area contributed by atoms with Crippen molar-refractivity contribution in [1.82, 2.24) is 10.7 Å². The molecular formula is C18H19N3O4. The number of ether oxygens (including phenoxy) is 2. The number of hydrogen-bond donors (Lipinski definition) is 2. The van der Waals surface area contributed by atoms with Gasteiger partial charge >= 0.3 is 0 Å². The minimum atomic E-state index is -0.437. The van der Waals surface area contributed by atoms with Crippen LogP contribution in [0.2, 0.25) is 0 Å². The van der Waals surface area contributed by atoms with Gasteiger partial charge in [-0.1, -0.05) is 12.1 Å². The summed E-state index contributed by atoms with van der Waals surface area (Å²) in [5, 5.41) is 6.36. The molecule has 2 aromatic rings. The maximum Gasteiger partial charge on any atom is 0.259 e. The number of hydrogen-bond acceptors (Lipinski definition) is 5. The van der Waals surface area contributed by atoms with Gasteiger partial charge in [0.1, 0.15) is 11.5 Å². The van der Waals surface area contributed by atoms with E-state index < -0.39 is 11.8 Å². The predicted molar refractivity (Wildman–Crippen MR) is 94.1 cm³/mol. The van der Waals surface area contributed by atoms with Crippen molar-refractivity contribution in [2.45, 2.75) is 0 Å². The molecule has 0 saturated heterocycles. The Kier molecular flexibility index (Phi) is 6.53. The summed E-state index contributed by atoms with van der Waals surface area (Å²) in [5.41, 5.74) is 3.51. The van der Waals surface area contributed by atoms with Gasteiger partial charge in [0.15, 0.2) is 0 Å². The molecule has 0 unspecified atom stereocenters. The lowest BCUT2D eigenvalue weighted by molar-refractivity contribution is -0.120. The Hall–Kier alpha value is -3.35. The van der Waals surface area contributed by atoms with E-state index in [1.807, 2.05) is 0 Å². The van der Waals surface area contributed by atoms with Gasteiger partial charge in [0.05, 0.1) is 32.5 Å². The summed E-state index contributed by atoms with van der Waals surface area (Å²) in [6, 6.07) is 14.0. The van der Waals surface area contributed by atoms with Gasteiger partial charge in [0.2, 0.25) is 0 Å². The molecule has 0 radical (unpaired) electrons. The zero-order valence-corrected chi connectivity index (χ0v) is 14.0. The molecule has 2 aromatic carbocycles. The summed E-state index contributed by atoms with van der Waals surface area (Å²) < 4.78 is 10.2. The number of rotatable bonds is 7. The van der Waals surface area contributed by atoms with Gasteiger partial charge in [-0.15, -0.1) is 0 Å². The summed E-state index contributed by atoms with van der Waals surface area (Å²) >= 11 is 0. The number of carbonyl (C=O) groups is 2. The number of nitrogens with one attached hydrogen (secondary N) is 2. The monoisotopic (exact) mass is 341 g/mol. The Labute approximate surface area is 145 Å². The maximum absolute atomic E-state index is 12.1. The van der Waals surface area contributed by atoms with E-state index in [9.17, 15) is 9.59 Å². The highest BCUT2D eigenvalue weighted by molar-refractivity contribution is 5.98. The third kappa shape index (κ3) is 5.35. The smallest absolute Gasteiger partial charge is 0.259 e. The molecule has 0 bridgehead atoms. The second-order valence-corrected chi connectivity index (χ2v) is 4.95. The molecule has 130 valence electrons. The molecule has 0 atom stereocenters. The topological polar surface area (TPSA) is 89.0 Å². The van der Waals surface area contributed by atoms with Crippen LogP contribution in [0.5, 0.6) is 11.5 Å². The number of para-hydroxylation sites is 1. The van der Waals surface area contributed by atoms with Crippen LogP contribution in [0.4, 0.5) is 0 Å². The predicted octanol–water partition coefficient (Wildman–Crippen LogP) is 1.58.